The number of fused-ring (bicyclic) bond motifs is 1. The van der Waals surface area contributed by atoms with Crippen LogP contribution in [0, 0.1) is 18.7 Å². The van der Waals surface area contributed by atoms with Gasteiger partial charge in [-0.1, -0.05) is 0 Å². The average molecular weight is 352 g/mol. The Labute approximate surface area is 147 Å². The molecule has 0 radical (unpaired) electrons. The maximum Gasteiger partial charge on any atom is 0.215 e. The van der Waals surface area contributed by atoms with Crippen LogP contribution < -0.4 is 11.1 Å². The third-order valence-corrected chi connectivity index (χ3v) is 3.95. The maximum absolute atomic E-state index is 14.2. The van der Waals surface area contributed by atoms with Crippen LogP contribution in [0.3, 0.4) is 0 Å². The number of nitrogens with zero attached hydrogens (tertiary/aromatic N) is 2. The summed E-state index contributed by atoms with van der Waals surface area (Å²) in [5.74, 6) is -0.931. The third-order valence-electron chi connectivity index (χ3n) is 3.95. The zero-order chi connectivity index (χ0) is 18.3. The Morgan fingerprint density at radius 1 is 1.08 bits per heavy atom. The summed E-state index contributed by atoms with van der Waals surface area (Å²) in [5.41, 5.74) is 9.13. The lowest BCUT2D eigenvalue weighted by Gasteiger charge is -2.06. The summed E-state index contributed by atoms with van der Waals surface area (Å²) in [6.45, 7) is 1.83. The molecule has 5 nitrogen and oxygen atoms in total. The van der Waals surface area contributed by atoms with Crippen LogP contribution in [-0.2, 0) is 0 Å². The van der Waals surface area contributed by atoms with Gasteiger partial charge in [0.15, 0.2) is 5.58 Å². The van der Waals surface area contributed by atoms with Gasteiger partial charge in [0.2, 0.25) is 11.8 Å². The Hall–Kier alpha value is -3.48. The van der Waals surface area contributed by atoms with E-state index >= 15 is 0 Å². The van der Waals surface area contributed by atoms with E-state index in [4.69, 9.17) is 10.2 Å². The fraction of sp³-hybridized carbons (Fsp3) is 0.0526. The Morgan fingerprint density at radius 3 is 2.58 bits per heavy atom. The number of hydrogen-bond donors (Lipinski definition) is 2. The van der Waals surface area contributed by atoms with Gasteiger partial charge in [-0.15, -0.1) is 0 Å². The van der Waals surface area contributed by atoms with Gasteiger partial charge in [-0.2, -0.15) is 4.39 Å². The summed E-state index contributed by atoms with van der Waals surface area (Å²) in [6.07, 6.45) is 1.62. The van der Waals surface area contributed by atoms with Crippen molar-refractivity contribution in [2.75, 3.05) is 11.1 Å². The van der Waals surface area contributed by atoms with Crippen molar-refractivity contribution in [2.45, 2.75) is 6.92 Å². The molecule has 0 fully saturated rings. The molecule has 0 saturated carbocycles. The standard InChI is InChI=1S/C19H14F2N4O/c1-10-8-11(6-7-23-10)16-18-14(9-15(21)25-16)17(19(22)26-18)24-13-4-2-12(20)3-5-13/h2-9,24H,22H2,1H3. The monoisotopic (exact) mass is 352 g/mol. The van der Waals surface area contributed by atoms with Crippen molar-refractivity contribution in [1.82, 2.24) is 9.97 Å². The summed E-state index contributed by atoms with van der Waals surface area (Å²) in [6, 6.07) is 10.5. The van der Waals surface area contributed by atoms with E-state index in [-0.39, 0.29) is 11.7 Å². The molecule has 0 spiro atoms. The number of aromatic nitrogens is 2. The van der Waals surface area contributed by atoms with Gasteiger partial charge in [0.05, 0.1) is 5.39 Å². The number of halogens is 2. The number of aryl methyl sites for hydroxylation is 1. The Morgan fingerprint density at radius 2 is 1.85 bits per heavy atom. The highest BCUT2D eigenvalue weighted by molar-refractivity contribution is 6.03. The van der Waals surface area contributed by atoms with Crippen LogP contribution in [0.1, 0.15) is 5.69 Å². The lowest BCUT2D eigenvalue weighted by Crippen LogP contribution is -1.94. The fourth-order valence-corrected chi connectivity index (χ4v) is 2.78. The van der Waals surface area contributed by atoms with Crippen LogP contribution in [0.2, 0.25) is 0 Å². The van der Waals surface area contributed by atoms with Crippen molar-refractivity contribution in [2.24, 2.45) is 0 Å². The number of pyridine rings is 2. The Kier molecular flexibility index (Phi) is 3.76. The van der Waals surface area contributed by atoms with Gasteiger partial charge in [-0.05, 0) is 43.3 Å². The Bertz CT molecular complexity index is 1110. The van der Waals surface area contributed by atoms with Gasteiger partial charge < -0.3 is 15.5 Å². The molecule has 0 amide bonds. The van der Waals surface area contributed by atoms with Crippen LogP contribution in [0.25, 0.3) is 22.2 Å². The van der Waals surface area contributed by atoms with Gasteiger partial charge in [0.25, 0.3) is 0 Å². The van der Waals surface area contributed by atoms with Crippen molar-refractivity contribution in [3.63, 3.8) is 0 Å². The number of nitrogens with one attached hydrogen (secondary N) is 1. The third kappa shape index (κ3) is 2.83. The minimum Gasteiger partial charge on any atom is -0.436 e. The first-order valence-corrected chi connectivity index (χ1v) is 7.85. The fourth-order valence-electron chi connectivity index (χ4n) is 2.78. The highest BCUT2D eigenvalue weighted by Gasteiger charge is 2.19. The van der Waals surface area contributed by atoms with E-state index in [0.717, 1.165) is 5.69 Å². The molecule has 4 rings (SSSR count). The molecule has 7 heteroatoms. The normalized spacial score (nSPS) is 11.0. The minimum atomic E-state index is -0.662. The van der Waals surface area contributed by atoms with Crippen LogP contribution in [0.15, 0.2) is 53.1 Å². The first-order chi connectivity index (χ1) is 12.5. The predicted molar refractivity (Wildman–Crippen MR) is 96.0 cm³/mol. The van der Waals surface area contributed by atoms with E-state index in [1.54, 1.807) is 30.5 Å². The van der Waals surface area contributed by atoms with E-state index in [1.807, 2.05) is 6.92 Å². The summed E-state index contributed by atoms with van der Waals surface area (Å²) in [5, 5.41) is 3.50. The number of nitrogen functional groups attached to an aromatic ring is 1. The summed E-state index contributed by atoms with van der Waals surface area (Å²) in [7, 11) is 0. The first kappa shape index (κ1) is 16.0. The largest absolute Gasteiger partial charge is 0.436 e. The summed E-state index contributed by atoms with van der Waals surface area (Å²) in [4.78, 5) is 8.10. The molecule has 26 heavy (non-hydrogen) atoms. The smallest absolute Gasteiger partial charge is 0.215 e. The molecule has 3 heterocycles. The molecule has 0 saturated heterocycles. The molecule has 3 aromatic heterocycles. The maximum atomic E-state index is 14.2. The number of hydrogen-bond acceptors (Lipinski definition) is 5. The molecule has 0 aliphatic heterocycles. The second-order valence-corrected chi connectivity index (χ2v) is 5.83. The molecule has 0 bridgehead atoms. The van der Waals surface area contributed by atoms with Gasteiger partial charge in [0.1, 0.15) is 17.2 Å². The van der Waals surface area contributed by atoms with Gasteiger partial charge in [0, 0.05) is 29.2 Å². The number of anilines is 3. The first-order valence-electron chi connectivity index (χ1n) is 7.85. The van der Waals surface area contributed by atoms with E-state index in [2.05, 4.69) is 15.3 Å². The molecule has 1 aromatic carbocycles. The zero-order valence-electron chi connectivity index (χ0n) is 13.8. The van der Waals surface area contributed by atoms with Gasteiger partial charge in [-0.3, -0.25) is 4.98 Å². The van der Waals surface area contributed by atoms with E-state index in [1.165, 1.54) is 18.2 Å². The van der Waals surface area contributed by atoms with Crippen LogP contribution in [0.5, 0.6) is 0 Å². The van der Waals surface area contributed by atoms with E-state index < -0.39 is 5.95 Å². The molecule has 0 atom stereocenters. The highest BCUT2D eigenvalue weighted by Crippen LogP contribution is 2.39. The van der Waals surface area contributed by atoms with Crippen LogP contribution in [0.4, 0.5) is 26.0 Å². The van der Waals surface area contributed by atoms with Crippen molar-refractivity contribution >= 4 is 28.2 Å². The van der Waals surface area contributed by atoms with Gasteiger partial charge in [-0.25, -0.2) is 9.37 Å². The predicted octanol–water partition coefficient (Wildman–Crippen LogP) is 4.80. The second-order valence-electron chi connectivity index (χ2n) is 5.83. The quantitative estimate of drug-likeness (QED) is 0.518. The van der Waals surface area contributed by atoms with Crippen molar-refractivity contribution < 1.29 is 13.2 Å². The molecule has 4 aromatic rings. The minimum absolute atomic E-state index is 0.0868. The summed E-state index contributed by atoms with van der Waals surface area (Å²) >= 11 is 0. The lowest BCUT2D eigenvalue weighted by molar-refractivity contribution is 0.582. The number of furan rings is 1. The number of rotatable bonds is 3. The summed E-state index contributed by atoms with van der Waals surface area (Å²) < 4.78 is 32.9. The molecule has 0 unspecified atom stereocenters. The molecule has 3 N–H and O–H groups in total. The van der Waals surface area contributed by atoms with Crippen molar-refractivity contribution in [3.8, 4) is 11.3 Å². The van der Waals surface area contributed by atoms with E-state index in [9.17, 15) is 8.78 Å². The second kappa shape index (κ2) is 6.11. The number of nitrogens with two attached hydrogens (primary N) is 1. The molecule has 130 valence electrons. The van der Waals surface area contributed by atoms with E-state index in [0.29, 0.717) is 33.6 Å². The molecular formula is C19H14F2N4O. The van der Waals surface area contributed by atoms with Crippen molar-refractivity contribution in [3.05, 3.63) is 66.1 Å². The number of benzene rings is 1. The van der Waals surface area contributed by atoms with Crippen LogP contribution >= 0.6 is 0 Å². The highest BCUT2D eigenvalue weighted by atomic mass is 19.1. The van der Waals surface area contributed by atoms with Crippen LogP contribution in [-0.4, -0.2) is 9.97 Å². The molecular weight excluding hydrogens is 338 g/mol. The topological polar surface area (TPSA) is 77.0 Å². The zero-order valence-corrected chi connectivity index (χ0v) is 13.8. The van der Waals surface area contributed by atoms with Gasteiger partial charge >= 0.3 is 0 Å². The molecule has 0 aliphatic carbocycles. The lowest BCUT2D eigenvalue weighted by atomic mass is 10.1. The SMILES string of the molecule is Cc1cc(-c2nc(F)cc3c(Nc4ccc(F)cc4)c(N)oc23)ccn1. The average Bonchev–Trinajstić information content (AvgIpc) is 2.92. The van der Waals surface area contributed by atoms with Crippen molar-refractivity contribution in [1.29, 1.82) is 0 Å². The Balaban J connectivity index is 1.88. The molecule has 0 aliphatic rings.